The van der Waals surface area contributed by atoms with Crippen molar-refractivity contribution in [3.05, 3.63) is 11.2 Å². The number of hydrogen-bond donors (Lipinski definition) is 2. The van der Waals surface area contributed by atoms with Crippen LogP contribution in [0.4, 0.5) is 4.79 Å². The number of carboxylic acid groups (broad SMARTS) is 1. The quantitative estimate of drug-likeness (QED) is 0.804. The molecule has 0 unspecified atom stereocenters. The predicted molar refractivity (Wildman–Crippen MR) is 70.9 cm³/mol. The third-order valence-electron chi connectivity index (χ3n) is 2.59. The van der Waals surface area contributed by atoms with E-state index in [4.69, 9.17) is 5.11 Å². The summed E-state index contributed by atoms with van der Waals surface area (Å²) in [6.45, 7) is 3.52. The minimum absolute atomic E-state index is 0.160. The summed E-state index contributed by atoms with van der Waals surface area (Å²) in [5.41, 5.74) is 0. The highest BCUT2D eigenvalue weighted by molar-refractivity contribution is 8.03. The molecular formula is C11H19N3O3S. The molecule has 1 aliphatic heterocycles. The molecule has 1 aliphatic rings. The molecule has 18 heavy (non-hydrogen) atoms. The van der Waals surface area contributed by atoms with Crippen LogP contribution >= 0.6 is 11.8 Å². The van der Waals surface area contributed by atoms with E-state index in [0.717, 1.165) is 10.9 Å². The van der Waals surface area contributed by atoms with Crippen LogP contribution < -0.4 is 5.32 Å². The Bertz CT molecular complexity index is 371. The molecule has 6 nitrogen and oxygen atoms in total. The Hall–Kier alpha value is -1.37. The molecule has 0 aromatic rings. The fourth-order valence-corrected chi connectivity index (χ4v) is 2.40. The first-order chi connectivity index (χ1) is 8.32. The molecule has 1 heterocycles. The van der Waals surface area contributed by atoms with Gasteiger partial charge >= 0.3 is 12.0 Å². The summed E-state index contributed by atoms with van der Waals surface area (Å²) in [5, 5.41) is 12.4. The Morgan fingerprint density at radius 2 is 2.17 bits per heavy atom. The Balaban J connectivity index is 2.64. The van der Waals surface area contributed by atoms with Crippen LogP contribution in [0, 0.1) is 5.92 Å². The van der Waals surface area contributed by atoms with E-state index >= 15 is 0 Å². The van der Waals surface area contributed by atoms with Crippen LogP contribution in [0.15, 0.2) is 11.2 Å². The maximum Gasteiger partial charge on any atom is 0.326 e. The zero-order valence-corrected chi connectivity index (χ0v) is 11.8. The van der Waals surface area contributed by atoms with Gasteiger partial charge in [-0.3, -0.25) is 4.90 Å². The lowest BCUT2D eigenvalue weighted by molar-refractivity contribution is -0.140. The minimum atomic E-state index is -1.02. The number of carboxylic acids is 1. The molecule has 0 aromatic heterocycles. The summed E-state index contributed by atoms with van der Waals surface area (Å²) < 4.78 is 0. The van der Waals surface area contributed by atoms with Crippen molar-refractivity contribution >= 4 is 23.8 Å². The molecule has 2 N–H and O–H groups in total. The third-order valence-corrected chi connectivity index (χ3v) is 3.81. The van der Waals surface area contributed by atoms with E-state index in [0.29, 0.717) is 0 Å². The lowest BCUT2D eigenvalue weighted by atomic mass is 10.1. The zero-order valence-electron chi connectivity index (χ0n) is 11.0. The monoisotopic (exact) mass is 273 g/mol. The number of aliphatic carboxylic acids is 1. The molecule has 7 heteroatoms. The summed E-state index contributed by atoms with van der Waals surface area (Å²) in [6.07, 6.45) is 1.86. The number of carbonyl (C=O) groups is 2. The van der Waals surface area contributed by atoms with Crippen LogP contribution in [0.1, 0.15) is 13.8 Å². The van der Waals surface area contributed by atoms with Crippen molar-refractivity contribution in [1.82, 2.24) is 15.1 Å². The first-order valence-corrected chi connectivity index (χ1v) is 6.63. The maximum absolute atomic E-state index is 11.9. The maximum atomic E-state index is 11.9. The number of nitrogens with zero attached hydrogens (tertiary/aromatic N) is 2. The van der Waals surface area contributed by atoms with Crippen LogP contribution in [-0.2, 0) is 4.79 Å². The lowest BCUT2D eigenvalue weighted by Gasteiger charge is -2.23. The average molecular weight is 273 g/mol. The van der Waals surface area contributed by atoms with Gasteiger partial charge in [-0.05, 0) is 5.92 Å². The highest BCUT2D eigenvalue weighted by atomic mass is 32.2. The van der Waals surface area contributed by atoms with Crippen LogP contribution in [0.25, 0.3) is 0 Å². The first kappa shape index (κ1) is 14.7. The molecule has 0 aliphatic carbocycles. The van der Waals surface area contributed by atoms with Crippen molar-refractivity contribution in [1.29, 1.82) is 0 Å². The van der Waals surface area contributed by atoms with Gasteiger partial charge in [0.05, 0.1) is 10.9 Å². The van der Waals surface area contributed by atoms with Gasteiger partial charge in [-0.2, -0.15) is 0 Å². The molecule has 1 rings (SSSR count). The normalized spacial score (nSPS) is 16.5. The van der Waals surface area contributed by atoms with Gasteiger partial charge in [-0.1, -0.05) is 25.6 Å². The number of urea groups is 1. The molecule has 0 bridgehead atoms. The molecule has 1 atom stereocenters. The highest BCUT2D eigenvalue weighted by Gasteiger charge is 2.26. The summed E-state index contributed by atoms with van der Waals surface area (Å²) in [4.78, 5) is 26.3. The van der Waals surface area contributed by atoms with Crippen molar-refractivity contribution in [3.8, 4) is 0 Å². The van der Waals surface area contributed by atoms with Crippen molar-refractivity contribution in [2.24, 2.45) is 5.92 Å². The van der Waals surface area contributed by atoms with E-state index in [9.17, 15) is 9.59 Å². The highest BCUT2D eigenvalue weighted by Crippen LogP contribution is 2.26. The largest absolute Gasteiger partial charge is 0.480 e. The number of amides is 2. The van der Waals surface area contributed by atoms with Crippen LogP contribution in [0.5, 0.6) is 0 Å². The van der Waals surface area contributed by atoms with Gasteiger partial charge in [-0.15, -0.1) is 0 Å². The van der Waals surface area contributed by atoms with Crippen LogP contribution in [0.3, 0.4) is 0 Å². The van der Waals surface area contributed by atoms with E-state index in [1.807, 2.05) is 18.1 Å². The van der Waals surface area contributed by atoms with Crippen molar-refractivity contribution < 1.29 is 14.7 Å². The van der Waals surface area contributed by atoms with Crippen LogP contribution in [0.2, 0.25) is 0 Å². The zero-order chi connectivity index (χ0) is 13.9. The van der Waals surface area contributed by atoms with Crippen molar-refractivity contribution in [2.75, 3.05) is 20.0 Å². The second-order valence-corrected chi connectivity index (χ2v) is 5.53. The van der Waals surface area contributed by atoms with Gasteiger partial charge in [0.1, 0.15) is 6.04 Å². The smallest absolute Gasteiger partial charge is 0.326 e. The van der Waals surface area contributed by atoms with Gasteiger partial charge in [0.15, 0.2) is 0 Å². The fraction of sp³-hybridized carbons (Fsp3) is 0.636. The average Bonchev–Trinajstić information content (AvgIpc) is 2.70. The van der Waals surface area contributed by atoms with Gasteiger partial charge < -0.3 is 15.3 Å². The second-order valence-electron chi connectivity index (χ2n) is 4.57. The van der Waals surface area contributed by atoms with E-state index < -0.39 is 18.0 Å². The summed E-state index contributed by atoms with van der Waals surface area (Å²) in [5.74, 6) is -0.385. The Morgan fingerprint density at radius 3 is 2.56 bits per heavy atom. The number of hydrogen-bond acceptors (Lipinski definition) is 4. The Labute approximate surface area is 111 Å². The number of carbonyl (C=O) groups excluding carboxylic acids is 1. The molecule has 2 amide bonds. The standard InChI is InChI=1S/C11H19N3O3S/c1-7(2)9(10(15)16)12-11(17)14(4)8-5-13(3)6-18-8/h5,7,9H,6H2,1-4H3,(H,12,17)(H,15,16)/t9-/m1/s1. The second kappa shape index (κ2) is 5.99. The molecule has 0 fully saturated rings. The molecule has 0 saturated carbocycles. The molecular weight excluding hydrogens is 254 g/mol. The predicted octanol–water partition coefficient (Wildman–Crippen LogP) is 1.17. The van der Waals surface area contributed by atoms with E-state index in [1.165, 1.54) is 16.7 Å². The summed E-state index contributed by atoms with van der Waals surface area (Å²) in [7, 11) is 3.55. The molecule has 0 spiro atoms. The first-order valence-electron chi connectivity index (χ1n) is 5.64. The summed E-state index contributed by atoms with van der Waals surface area (Å²) in [6, 6.07) is -1.27. The minimum Gasteiger partial charge on any atom is -0.480 e. The van der Waals surface area contributed by atoms with E-state index in [2.05, 4.69) is 5.32 Å². The molecule has 0 radical (unpaired) electrons. The van der Waals surface area contributed by atoms with Gasteiger partial charge in [0.25, 0.3) is 0 Å². The number of thioether (sulfide) groups is 1. The Kier molecular flexibility index (Phi) is 4.89. The summed E-state index contributed by atoms with van der Waals surface area (Å²) >= 11 is 1.54. The van der Waals surface area contributed by atoms with Crippen molar-refractivity contribution in [3.63, 3.8) is 0 Å². The SMILES string of the molecule is CC(C)[C@@H](NC(=O)N(C)C1=CN(C)CS1)C(=O)O. The van der Waals surface area contributed by atoms with E-state index in [1.54, 1.807) is 20.9 Å². The van der Waals surface area contributed by atoms with Crippen LogP contribution in [-0.4, -0.2) is 52.9 Å². The lowest BCUT2D eigenvalue weighted by Crippen LogP contribution is -2.48. The Morgan fingerprint density at radius 1 is 1.56 bits per heavy atom. The third kappa shape index (κ3) is 3.56. The molecule has 0 saturated heterocycles. The van der Waals surface area contributed by atoms with Crippen molar-refractivity contribution in [2.45, 2.75) is 19.9 Å². The van der Waals surface area contributed by atoms with Gasteiger partial charge in [0.2, 0.25) is 0 Å². The van der Waals surface area contributed by atoms with Gasteiger partial charge in [0, 0.05) is 20.3 Å². The molecule has 0 aromatic carbocycles. The fourth-order valence-electron chi connectivity index (χ4n) is 1.46. The topological polar surface area (TPSA) is 72.9 Å². The van der Waals surface area contributed by atoms with Gasteiger partial charge in [-0.25, -0.2) is 9.59 Å². The number of rotatable bonds is 4. The molecule has 102 valence electrons. The van der Waals surface area contributed by atoms with E-state index in [-0.39, 0.29) is 5.92 Å². The number of nitrogens with one attached hydrogen (secondary N) is 1.